The topological polar surface area (TPSA) is 55.1 Å². The summed E-state index contributed by atoms with van der Waals surface area (Å²) in [5.74, 6) is 0.377. The van der Waals surface area contributed by atoms with Crippen LogP contribution < -0.4 is 11.1 Å². The van der Waals surface area contributed by atoms with Gasteiger partial charge in [0.05, 0.1) is 0 Å². The average molecular weight is 176 g/mol. The second kappa shape index (κ2) is 3.09. The average Bonchev–Trinajstić information content (AvgIpc) is 2.53. The molecule has 0 bridgehead atoms. The summed E-state index contributed by atoms with van der Waals surface area (Å²) < 4.78 is 0. The third-order valence-electron chi connectivity index (χ3n) is 2.41. The molecule has 0 aliphatic carbocycles. The van der Waals surface area contributed by atoms with Crippen molar-refractivity contribution in [3.63, 3.8) is 0 Å². The van der Waals surface area contributed by atoms with Crippen LogP contribution in [0, 0.1) is 0 Å². The maximum Gasteiger partial charge on any atom is 0.220 e. The quantitative estimate of drug-likeness (QED) is 0.624. The van der Waals surface area contributed by atoms with E-state index < -0.39 is 0 Å². The molecule has 0 saturated carbocycles. The lowest BCUT2D eigenvalue weighted by atomic mass is 9.97. The Balaban J connectivity index is 2.26. The molecule has 1 aromatic carbocycles. The van der Waals surface area contributed by atoms with Crippen molar-refractivity contribution in [1.82, 2.24) is 5.32 Å². The summed E-state index contributed by atoms with van der Waals surface area (Å²) in [5, 5.41) is 2.80. The van der Waals surface area contributed by atoms with Crippen molar-refractivity contribution < 1.29 is 4.79 Å². The lowest BCUT2D eigenvalue weighted by Crippen LogP contribution is -2.13. The smallest absolute Gasteiger partial charge is 0.220 e. The van der Waals surface area contributed by atoms with Crippen LogP contribution in [0.3, 0.4) is 0 Å². The molecule has 68 valence electrons. The third kappa shape index (κ3) is 1.49. The third-order valence-corrected chi connectivity index (χ3v) is 2.41. The minimum Gasteiger partial charge on any atom is -0.398 e. The second-order valence-corrected chi connectivity index (χ2v) is 3.33. The van der Waals surface area contributed by atoms with E-state index in [1.807, 2.05) is 24.3 Å². The van der Waals surface area contributed by atoms with Crippen LogP contribution in [0.1, 0.15) is 17.9 Å². The first kappa shape index (κ1) is 8.10. The van der Waals surface area contributed by atoms with Crippen LogP contribution in [0.5, 0.6) is 0 Å². The SMILES string of the molecule is Nc1ccccc1C1CNC(=O)C1. The van der Waals surface area contributed by atoms with E-state index in [2.05, 4.69) is 5.32 Å². The second-order valence-electron chi connectivity index (χ2n) is 3.33. The first-order valence-electron chi connectivity index (χ1n) is 4.38. The summed E-state index contributed by atoms with van der Waals surface area (Å²) in [6.07, 6.45) is 0.564. The van der Waals surface area contributed by atoms with Gasteiger partial charge in [-0.05, 0) is 11.6 Å². The highest BCUT2D eigenvalue weighted by molar-refractivity contribution is 5.80. The summed E-state index contributed by atoms with van der Waals surface area (Å²) in [5.41, 5.74) is 7.67. The molecule has 1 amide bonds. The van der Waals surface area contributed by atoms with Gasteiger partial charge in [-0.2, -0.15) is 0 Å². The number of hydrogen-bond donors (Lipinski definition) is 2. The predicted molar refractivity (Wildman–Crippen MR) is 51.2 cm³/mol. The van der Waals surface area contributed by atoms with E-state index >= 15 is 0 Å². The van der Waals surface area contributed by atoms with Crippen LogP contribution in [-0.2, 0) is 4.79 Å². The molecule has 0 aromatic heterocycles. The molecule has 1 heterocycles. The molecule has 2 rings (SSSR count). The van der Waals surface area contributed by atoms with Crippen LogP contribution in [0.2, 0.25) is 0 Å². The number of benzene rings is 1. The Kier molecular flexibility index (Phi) is 1.93. The molecular formula is C10H12N2O. The molecule has 1 aliphatic rings. The highest BCUT2D eigenvalue weighted by Crippen LogP contribution is 2.27. The molecule has 1 saturated heterocycles. The molecular weight excluding hydrogens is 164 g/mol. The van der Waals surface area contributed by atoms with Gasteiger partial charge in [-0.3, -0.25) is 4.79 Å². The minimum atomic E-state index is 0.119. The monoisotopic (exact) mass is 176 g/mol. The molecule has 1 aliphatic heterocycles. The van der Waals surface area contributed by atoms with Crippen molar-refractivity contribution >= 4 is 11.6 Å². The van der Waals surface area contributed by atoms with Crippen molar-refractivity contribution in [2.75, 3.05) is 12.3 Å². The number of carbonyl (C=O) groups is 1. The number of rotatable bonds is 1. The zero-order chi connectivity index (χ0) is 9.26. The fourth-order valence-corrected chi connectivity index (χ4v) is 1.71. The molecule has 1 atom stereocenters. The summed E-state index contributed by atoms with van der Waals surface area (Å²) in [6, 6.07) is 7.72. The van der Waals surface area contributed by atoms with E-state index in [0.29, 0.717) is 13.0 Å². The number of hydrogen-bond acceptors (Lipinski definition) is 2. The van der Waals surface area contributed by atoms with Crippen LogP contribution in [0.15, 0.2) is 24.3 Å². The van der Waals surface area contributed by atoms with Crippen LogP contribution in [0.4, 0.5) is 5.69 Å². The molecule has 3 heteroatoms. The first-order chi connectivity index (χ1) is 6.27. The van der Waals surface area contributed by atoms with Crippen molar-refractivity contribution in [2.45, 2.75) is 12.3 Å². The van der Waals surface area contributed by atoms with E-state index in [4.69, 9.17) is 5.73 Å². The van der Waals surface area contributed by atoms with E-state index in [-0.39, 0.29) is 11.8 Å². The number of nitrogens with one attached hydrogen (secondary N) is 1. The number of carbonyl (C=O) groups excluding carboxylic acids is 1. The Hall–Kier alpha value is -1.51. The molecule has 0 radical (unpaired) electrons. The summed E-state index contributed by atoms with van der Waals surface area (Å²) in [4.78, 5) is 11.0. The van der Waals surface area contributed by atoms with E-state index in [1.165, 1.54) is 0 Å². The van der Waals surface area contributed by atoms with E-state index in [1.54, 1.807) is 0 Å². The Bertz CT molecular complexity index is 335. The number of amides is 1. The molecule has 0 spiro atoms. The normalized spacial score (nSPS) is 21.5. The first-order valence-corrected chi connectivity index (χ1v) is 4.38. The minimum absolute atomic E-state index is 0.119. The van der Waals surface area contributed by atoms with Crippen LogP contribution in [0.25, 0.3) is 0 Å². The van der Waals surface area contributed by atoms with Gasteiger partial charge in [0.1, 0.15) is 0 Å². The Morgan fingerprint density at radius 2 is 2.15 bits per heavy atom. The zero-order valence-corrected chi connectivity index (χ0v) is 7.29. The Morgan fingerprint density at radius 1 is 1.38 bits per heavy atom. The molecule has 3 N–H and O–H groups in total. The molecule has 1 unspecified atom stereocenters. The van der Waals surface area contributed by atoms with Crippen molar-refractivity contribution in [2.24, 2.45) is 0 Å². The zero-order valence-electron chi connectivity index (χ0n) is 7.29. The molecule has 3 nitrogen and oxygen atoms in total. The van der Waals surface area contributed by atoms with Gasteiger partial charge >= 0.3 is 0 Å². The van der Waals surface area contributed by atoms with Gasteiger partial charge in [0.25, 0.3) is 0 Å². The summed E-state index contributed by atoms with van der Waals surface area (Å²) >= 11 is 0. The Morgan fingerprint density at radius 3 is 2.77 bits per heavy atom. The van der Waals surface area contributed by atoms with Gasteiger partial charge in [-0.1, -0.05) is 18.2 Å². The summed E-state index contributed by atoms with van der Waals surface area (Å²) in [7, 11) is 0. The predicted octanol–water partition coefficient (Wildman–Crippen LogP) is 0.872. The lowest BCUT2D eigenvalue weighted by Gasteiger charge is -2.09. The van der Waals surface area contributed by atoms with Gasteiger partial charge in [0.15, 0.2) is 0 Å². The van der Waals surface area contributed by atoms with E-state index in [0.717, 1.165) is 11.3 Å². The highest BCUT2D eigenvalue weighted by Gasteiger charge is 2.23. The number of para-hydroxylation sites is 1. The lowest BCUT2D eigenvalue weighted by molar-refractivity contribution is -0.119. The van der Waals surface area contributed by atoms with Gasteiger partial charge in [0.2, 0.25) is 5.91 Å². The largest absolute Gasteiger partial charge is 0.398 e. The van der Waals surface area contributed by atoms with Gasteiger partial charge in [0, 0.05) is 24.6 Å². The van der Waals surface area contributed by atoms with Crippen LogP contribution in [-0.4, -0.2) is 12.5 Å². The van der Waals surface area contributed by atoms with E-state index in [9.17, 15) is 4.79 Å². The fourth-order valence-electron chi connectivity index (χ4n) is 1.71. The van der Waals surface area contributed by atoms with Crippen LogP contribution >= 0.6 is 0 Å². The van der Waals surface area contributed by atoms with Crippen molar-refractivity contribution in [3.8, 4) is 0 Å². The maximum absolute atomic E-state index is 11.0. The van der Waals surface area contributed by atoms with Gasteiger partial charge in [-0.15, -0.1) is 0 Å². The fraction of sp³-hybridized carbons (Fsp3) is 0.300. The maximum atomic E-state index is 11.0. The number of nitrogen functional groups attached to an aromatic ring is 1. The number of anilines is 1. The van der Waals surface area contributed by atoms with Gasteiger partial charge < -0.3 is 11.1 Å². The molecule has 13 heavy (non-hydrogen) atoms. The highest BCUT2D eigenvalue weighted by atomic mass is 16.1. The molecule has 1 fully saturated rings. The van der Waals surface area contributed by atoms with Gasteiger partial charge in [-0.25, -0.2) is 0 Å². The van der Waals surface area contributed by atoms with Crippen molar-refractivity contribution in [3.05, 3.63) is 29.8 Å². The summed E-state index contributed by atoms with van der Waals surface area (Å²) in [6.45, 7) is 0.715. The molecule has 1 aromatic rings. The number of nitrogens with two attached hydrogens (primary N) is 1. The standard InChI is InChI=1S/C10H12N2O/c11-9-4-2-1-3-8(9)7-5-10(13)12-6-7/h1-4,7H,5-6,11H2,(H,12,13). The Labute approximate surface area is 76.9 Å². The van der Waals surface area contributed by atoms with Crippen molar-refractivity contribution in [1.29, 1.82) is 0 Å².